The van der Waals surface area contributed by atoms with Gasteiger partial charge >= 0.3 is 0 Å². The molecule has 1 atom stereocenters. The van der Waals surface area contributed by atoms with Gasteiger partial charge in [-0.25, -0.2) is 0 Å². The summed E-state index contributed by atoms with van der Waals surface area (Å²) in [6, 6.07) is 3.42. The molecule has 1 aromatic carbocycles. The van der Waals surface area contributed by atoms with Crippen LogP contribution in [0.25, 0.3) is 0 Å². The van der Waals surface area contributed by atoms with Crippen LogP contribution in [-0.2, 0) is 4.79 Å². The second-order valence-corrected chi connectivity index (χ2v) is 5.35. The van der Waals surface area contributed by atoms with Crippen molar-refractivity contribution in [1.29, 1.82) is 0 Å². The summed E-state index contributed by atoms with van der Waals surface area (Å²) < 4.78 is 15.8. The number of amides is 1. The molecular weight excluding hydrogens is 284 g/mol. The van der Waals surface area contributed by atoms with Crippen LogP contribution < -0.4 is 24.8 Å². The number of carbonyl (C=O) groups excluding carboxylic acids is 1. The van der Waals surface area contributed by atoms with E-state index in [-0.39, 0.29) is 5.91 Å². The molecule has 1 aliphatic heterocycles. The van der Waals surface area contributed by atoms with Crippen LogP contribution in [0.1, 0.15) is 19.3 Å². The molecule has 1 amide bonds. The molecule has 122 valence electrons. The molecule has 0 radical (unpaired) electrons. The third-order valence-corrected chi connectivity index (χ3v) is 3.92. The third-order valence-electron chi connectivity index (χ3n) is 3.92. The Kier molecular flexibility index (Phi) is 5.89. The molecule has 2 N–H and O–H groups in total. The van der Waals surface area contributed by atoms with Gasteiger partial charge in [-0.15, -0.1) is 0 Å². The molecule has 1 fully saturated rings. The molecule has 6 nitrogen and oxygen atoms in total. The maximum Gasteiger partial charge on any atom is 0.224 e. The number of methoxy groups -OCH3 is 3. The predicted molar refractivity (Wildman–Crippen MR) is 84.9 cm³/mol. The summed E-state index contributed by atoms with van der Waals surface area (Å²) >= 11 is 0. The molecule has 0 aromatic heterocycles. The van der Waals surface area contributed by atoms with Crippen molar-refractivity contribution in [2.24, 2.45) is 5.92 Å². The lowest BCUT2D eigenvalue weighted by atomic mass is 10.0. The zero-order valence-corrected chi connectivity index (χ0v) is 13.4. The summed E-state index contributed by atoms with van der Waals surface area (Å²) in [5.41, 5.74) is 0.592. The maximum absolute atomic E-state index is 12.1. The van der Waals surface area contributed by atoms with Crippen molar-refractivity contribution in [1.82, 2.24) is 5.32 Å². The smallest absolute Gasteiger partial charge is 0.224 e. The first-order valence-electron chi connectivity index (χ1n) is 7.48. The van der Waals surface area contributed by atoms with Crippen molar-refractivity contribution in [3.05, 3.63) is 12.1 Å². The average Bonchev–Trinajstić information content (AvgIpc) is 3.05. The van der Waals surface area contributed by atoms with Gasteiger partial charge in [0, 0.05) is 18.6 Å². The van der Waals surface area contributed by atoms with Crippen molar-refractivity contribution in [2.45, 2.75) is 19.3 Å². The second kappa shape index (κ2) is 7.89. The van der Waals surface area contributed by atoms with E-state index in [1.54, 1.807) is 33.5 Å². The highest BCUT2D eigenvalue weighted by molar-refractivity contribution is 5.92. The highest BCUT2D eigenvalue weighted by Gasteiger charge is 2.17. The number of ether oxygens (including phenoxy) is 3. The number of rotatable bonds is 7. The van der Waals surface area contributed by atoms with Gasteiger partial charge in [0.25, 0.3) is 0 Å². The molecule has 1 saturated heterocycles. The Morgan fingerprint density at radius 2 is 1.86 bits per heavy atom. The summed E-state index contributed by atoms with van der Waals surface area (Å²) in [5, 5.41) is 6.20. The van der Waals surface area contributed by atoms with Crippen LogP contribution in [0.5, 0.6) is 17.2 Å². The quantitative estimate of drug-likeness (QED) is 0.807. The number of nitrogens with one attached hydrogen (secondary N) is 2. The van der Waals surface area contributed by atoms with Crippen molar-refractivity contribution >= 4 is 11.6 Å². The van der Waals surface area contributed by atoms with Gasteiger partial charge < -0.3 is 24.8 Å². The van der Waals surface area contributed by atoms with Gasteiger partial charge in [-0.2, -0.15) is 0 Å². The van der Waals surface area contributed by atoms with Gasteiger partial charge in [-0.3, -0.25) is 4.79 Å². The predicted octanol–water partition coefficient (Wildman–Crippen LogP) is 2.04. The minimum Gasteiger partial charge on any atom is -0.494 e. The van der Waals surface area contributed by atoms with E-state index in [1.165, 1.54) is 0 Å². The first-order chi connectivity index (χ1) is 10.7. The van der Waals surface area contributed by atoms with E-state index in [4.69, 9.17) is 14.2 Å². The van der Waals surface area contributed by atoms with E-state index in [2.05, 4.69) is 10.6 Å². The first kappa shape index (κ1) is 16.4. The zero-order valence-electron chi connectivity index (χ0n) is 13.4. The molecule has 2 rings (SSSR count). The van der Waals surface area contributed by atoms with Crippen molar-refractivity contribution in [2.75, 3.05) is 39.7 Å². The van der Waals surface area contributed by atoms with E-state index in [0.717, 1.165) is 25.9 Å². The third kappa shape index (κ3) is 4.04. The van der Waals surface area contributed by atoms with Crippen LogP contribution in [0.2, 0.25) is 0 Å². The van der Waals surface area contributed by atoms with Crippen LogP contribution >= 0.6 is 0 Å². The van der Waals surface area contributed by atoms with Crippen LogP contribution in [-0.4, -0.2) is 40.3 Å². The van der Waals surface area contributed by atoms with Crippen LogP contribution in [0, 0.1) is 5.92 Å². The molecule has 1 heterocycles. The fraction of sp³-hybridized carbons (Fsp3) is 0.562. The molecule has 1 unspecified atom stereocenters. The Morgan fingerprint density at radius 3 is 2.45 bits per heavy atom. The normalized spacial score (nSPS) is 17.1. The lowest BCUT2D eigenvalue weighted by Crippen LogP contribution is -2.15. The topological polar surface area (TPSA) is 68.8 Å². The summed E-state index contributed by atoms with van der Waals surface area (Å²) in [6.45, 7) is 2.06. The molecule has 0 spiro atoms. The Balaban J connectivity index is 2.02. The van der Waals surface area contributed by atoms with Crippen LogP contribution in [0.3, 0.4) is 0 Å². The molecule has 1 aliphatic rings. The van der Waals surface area contributed by atoms with E-state index in [0.29, 0.717) is 35.3 Å². The Morgan fingerprint density at radius 1 is 1.18 bits per heavy atom. The lowest BCUT2D eigenvalue weighted by Gasteiger charge is -2.15. The van der Waals surface area contributed by atoms with Gasteiger partial charge in [0.15, 0.2) is 11.5 Å². The standard InChI is InChI=1S/C16H24N2O4/c1-20-13-9-15(22-3)14(21-2)8-12(13)18-16(19)5-4-11-6-7-17-10-11/h8-9,11,17H,4-7,10H2,1-3H3,(H,18,19). The molecule has 1 aromatic rings. The van der Waals surface area contributed by atoms with E-state index >= 15 is 0 Å². The van der Waals surface area contributed by atoms with E-state index < -0.39 is 0 Å². The average molecular weight is 308 g/mol. The van der Waals surface area contributed by atoms with Gasteiger partial charge in [0.05, 0.1) is 27.0 Å². The van der Waals surface area contributed by atoms with Gasteiger partial charge in [-0.1, -0.05) is 0 Å². The summed E-state index contributed by atoms with van der Waals surface area (Å²) in [4.78, 5) is 12.1. The van der Waals surface area contributed by atoms with Gasteiger partial charge in [-0.05, 0) is 31.8 Å². The number of hydrogen-bond donors (Lipinski definition) is 2. The summed E-state index contributed by atoms with van der Waals surface area (Å²) in [7, 11) is 4.68. The highest BCUT2D eigenvalue weighted by Crippen LogP contribution is 2.37. The fourth-order valence-corrected chi connectivity index (χ4v) is 2.64. The molecular formula is C16H24N2O4. The number of hydrogen-bond acceptors (Lipinski definition) is 5. The Hall–Kier alpha value is -1.95. The molecule has 22 heavy (non-hydrogen) atoms. The van der Waals surface area contributed by atoms with Crippen molar-refractivity contribution in [3.8, 4) is 17.2 Å². The Labute approximate surface area is 131 Å². The first-order valence-corrected chi connectivity index (χ1v) is 7.48. The van der Waals surface area contributed by atoms with Crippen LogP contribution in [0.15, 0.2) is 12.1 Å². The van der Waals surface area contributed by atoms with E-state index in [1.807, 2.05) is 0 Å². The molecule has 6 heteroatoms. The fourth-order valence-electron chi connectivity index (χ4n) is 2.64. The molecule has 0 saturated carbocycles. The lowest BCUT2D eigenvalue weighted by molar-refractivity contribution is -0.116. The van der Waals surface area contributed by atoms with Crippen molar-refractivity contribution < 1.29 is 19.0 Å². The largest absolute Gasteiger partial charge is 0.494 e. The highest BCUT2D eigenvalue weighted by atomic mass is 16.5. The number of anilines is 1. The SMILES string of the molecule is COc1cc(OC)c(OC)cc1NC(=O)CCC1CCNC1. The minimum absolute atomic E-state index is 0.0163. The summed E-state index contributed by atoms with van der Waals surface area (Å²) in [5.74, 6) is 2.25. The second-order valence-electron chi connectivity index (χ2n) is 5.35. The van der Waals surface area contributed by atoms with Crippen molar-refractivity contribution in [3.63, 3.8) is 0 Å². The zero-order chi connectivity index (χ0) is 15.9. The number of benzene rings is 1. The number of carbonyl (C=O) groups is 1. The minimum atomic E-state index is -0.0163. The van der Waals surface area contributed by atoms with E-state index in [9.17, 15) is 4.79 Å². The molecule has 0 bridgehead atoms. The molecule has 0 aliphatic carbocycles. The van der Waals surface area contributed by atoms with Gasteiger partial charge in [0.2, 0.25) is 5.91 Å². The monoisotopic (exact) mass is 308 g/mol. The van der Waals surface area contributed by atoms with Crippen LogP contribution in [0.4, 0.5) is 5.69 Å². The maximum atomic E-state index is 12.1. The summed E-state index contributed by atoms with van der Waals surface area (Å²) in [6.07, 6.45) is 2.55. The van der Waals surface area contributed by atoms with Gasteiger partial charge in [0.1, 0.15) is 5.75 Å². The Bertz CT molecular complexity index is 513.